The van der Waals surface area contributed by atoms with Gasteiger partial charge in [-0.25, -0.2) is 8.42 Å². The van der Waals surface area contributed by atoms with E-state index in [0.717, 1.165) is 50.5 Å². The molecule has 2 N–H and O–H groups in total. The van der Waals surface area contributed by atoms with Crippen LogP contribution in [-0.2, 0) is 21.0 Å². The quantitative estimate of drug-likeness (QED) is 0.261. The van der Waals surface area contributed by atoms with Gasteiger partial charge in [0, 0.05) is 33.0 Å². The third-order valence-corrected chi connectivity index (χ3v) is 6.43. The van der Waals surface area contributed by atoms with Gasteiger partial charge in [-0.1, -0.05) is 37.8 Å². The molecular weight excluding hydrogens is 386 g/mol. The Bertz CT molecular complexity index is 709. The molecule has 1 aliphatic rings. The highest BCUT2D eigenvalue weighted by atomic mass is 32.2. The van der Waals surface area contributed by atoms with Crippen molar-refractivity contribution in [3.05, 3.63) is 29.8 Å². The molecule has 1 fully saturated rings. The van der Waals surface area contributed by atoms with E-state index < -0.39 is 9.84 Å². The topological polar surface area (TPSA) is 79.8 Å². The summed E-state index contributed by atoms with van der Waals surface area (Å²) in [4.78, 5) is 4.61. The number of hydrogen-bond donors (Lipinski definition) is 2. The number of hydrogen-bond acceptors (Lipinski definition) is 4. The van der Waals surface area contributed by atoms with Crippen molar-refractivity contribution < 1.29 is 13.2 Å². The molecule has 0 aromatic heterocycles. The summed E-state index contributed by atoms with van der Waals surface area (Å²) >= 11 is 0. The summed E-state index contributed by atoms with van der Waals surface area (Å²) in [5.41, 5.74) is 1.09. The summed E-state index contributed by atoms with van der Waals surface area (Å²) in [7, 11) is -1.37. The van der Waals surface area contributed by atoms with E-state index in [-0.39, 0.29) is 0 Å². The highest BCUT2D eigenvalue weighted by molar-refractivity contribution is 7.90. The molecule has 0 amide bonds. The van der Waals surface area contributed by atoms with Crippen LogP contribution in [0.5, 0.6) is 0 Å². The van der Waals surface area contributed by atoms with Crippen LogP contribution in [-0.4, -0.2) is 53.5 Å². The standard InChI is InChI=1S/C22H37N3O3S/c1-23-22(24-16-7-8-18-28-20-9-5-3-4-6-10-20)25-17-15-19-11-13-21(14-12-19)29(2,26)27/h11-14,20H,3-10,15-18H2,1-2H3,(H2,23,24,25). The van der Waals surface area contributed by atoms with Crippen LogP contribution in [0.1, 0.15) is 56.9 Å². The van der Waals surface area contributed by atoms with Crippen LogP contribution in [0.4, 0.5) is 0 Å². The maximum absolute atomic E-state index is 11.5. The highest BCUT2D eigenvalue weighted by Crippen LogP contribution is 2.19. The van der Waals surface area contributed by atoms with E-state index in [1.54, 1.807) is 19.2 Å². The lowest BCUT2D eigenvalue weighted by Crippen LogP contribution is -2.38. The number of guanidine groups is 1. The number of ether oxygens (including phenoxy) is 1. The molecule has 164 valence electrons. The molecular formula is C22H37N3O3S. The monoisotopic (exact) mass is 423 g/mol. The van der Waals surface area contributed by atoms with Gasteiger partial charge < -0.3 is 15.4 Å². The molecule has 6 nitrogen and oxygen atoms in total. The fourth-order valence-corrected chi connectivity index (χ4v) is 4.17. The molecule has 0 aliphatic heterocycles. The molecule has 1 saturated carbocycles. The van der Waals surface area contributed by atoms with Gasteiger partial charge >= 0.3 is 0 Å². The Morgan fingerprint density at radius 2 is 1.69 bits per heavy atom. The fraction of sp³-hybridized carbons (Fsp3) is 0.682. The molecule has 0 bridgehead atoms. The van der Waals surface area contributed by atoms with Gasteiger partial charge in [0.1, 0.15) is 0 Å². The van der Waals surface area contributed by atoms with Crippen LogP contribution in [0.3, 0.4) is 0 Å². The minimum Gasteiger partial charge on any atom is -0.378 e. The van der Waals surface area contributed by atoms with Gasteiger partial charge in [0.05, 0.1) is 11.0 Å². The first-order chi connectivity index (χ1) is 14.0. The van der Waals surface area contributed by atoms with Gasteiger partial charge in [-0.05, 0) is 49.8 Å². The van der Waals surface area contributed by atoms with Gasteiger partial charge in [-0.15, -0.1) is 0 Å². The zero-order valence-corrected chi connectivity index (χ0v) is 18.8. The average Bonchev–Trinajstić information content (AvgIpc) is 2.97. The molecule has 29 heavy (non-hydrogen) atoms. The molecule has 1 aromatic carbocycles. The van der Waals surface area contributed by atoms with E-state index in [9.17, 15) is 8.42 Å². The molecule has 0 radical (unpaired) electrons. The van der Waals surface area contributed by atoms with Crippen molar-refractivity contribution in [2.45, 2.75) is 68.8 Å². The molecule has 0 spiro atoms. The molecule has 0 atom stereocenters. The van der Waals surface area contributed by atoms with Crippen LogP contribution in [0.15, 0.2) is 34.2 Å². The van der Waals surface area contributed by atoms with Crippen molar-refractivity contribution in [2.75, 3.05) is 33.0 Å². The SMILES string of the molecule is CN=C(NCCCCOC1CCCCCC1)NCCc1ccc(S(C)(=O)=O)cc1. The predicted octanol–water partition coefficient (Wildman–Crippen LogP) is 3.32. The van der Waals surface area contributed by atoms with Gasteiger partial charge in [-0.2, -0.15) is 0 Å². The zero-order chi connectivity index (χ0) is 21.0. The Morgan fingerprint density at radius 3 is 2.31 bits per heavy atom. The highest BCUT2D eigenvalue weighted by Gasteiger charge is 2.12. The molecule has 0 heterocycles. The average molecular weight is 424 g/mol. The van der Waals surface area contributed by atoms with E-state index >= 15 is 0 Å². The van der Waals surface area contributed by atoms with Gasteiger partial charge in [0.25, 0.3) is 0 Å². The fourth-order valence-electron chi connectivity index (χ4n) is 3.54. The summed E-state index contributed by atoms with van der Waals surface area (Å²) in [5.74, 6) is 0.794. The Morgan fingerprint density at radius 1 is 1.03 bits per heavy atom. The maximum Gasteiger partial charge on any atom is 0.190 e. The summed E-state index contributed by atoms with van der Waals surface area (Å²) in [6.07, 6.45) is 12.4. The van der Waals surface area contributed by atoms with E-state index in [1.165, 1.54) is 44.8 Å². The van der Waals surface area contributed by atoms with Crippen molar-refractivity contribution in [3.8, 4) is 0 Å². The van der Waals surface area contributed by atoms with Crippen LogP contribution >= 0.6 is 0 Å². The van der Waals surface area contributed by atoms with Crippen molar-refractivity contribution in [3.63, 3.8) is 0 Å². The largest absolute Gasteiger partial charge is 0.378 e. The van der Waals surface area contributed by atoms with Crippen molar-refractivity contribution in [2.24, 2.45) is 4.99 Å². The van der Waals surface area contributed by atoms with E-state index in [2.05, 4.69) is 15.6 Å². The number of benzene rings is 1. The maximum atomic E-state index is 11.5. The van der Waals surface area contributed by atoms with Gasteiger partial charge in [-0.3, -0.25) is 4.99 Å². The Hall–Kier alpha value is -1.60. The lowest BCUT2D eigenvalue weighted by Gasteiger charge is -2.15. The summed E-state index contributed by atoms with van der Waals surface area (Å²) in [6, 6.07) is 7.05. The molecule has 0 unspecified atom stereocenters. The molecule has 1 aromatic rings. The minimum atomic E-state index is -3.14. The lowest BCUT2D eigenvalue weighted by molar-refractivity contribution is 0.0411. The second-order valence-electron chi connectivity index (χ2n) is 7.78. The van der Waals surface area contributed by atoms with Crippen molar-refractivity contribution >= 4 is 15.8 Å². The number of unbranched alkanes of at least 4 members (excludes halogenated alkanes) is 1. The number of nitrogens with one attached hydrogen (secondary N) is 2. The predicted molar refractivity (Wildman–Crippen MR) is 119 cm³/mol. The van der Waals surface area contributed by atoms with Gasteiger partial charge in [0.2, 0.25) is 0 Å². The third-order valence-electron chi connectivity index (χ3n) is 5.30. The van der Waals surface area contributed by atoms with E-state index in [4.69, 9.17) is 4.74 Å². The second-order valence-corrected chi connectivity index (χ2v) is 9.80. The zero-order valence-electron chi connectivity index (χ0n) is 18.0. The van der Waals surface area contributed by atoms with Crippen molar-refractivity contribution in [1.29, 1.82) is 0 Å². The van der Waals surface area contributed by atoms with Crippen LogP contribution in [0, 0.1) is 0 Å². The van der Waals surface area contributed by atoms with Crippen LogP contribution in [0.25, 0.3) is 0 Å². The van der Waals surface area contributed by atoms with Crippen LogP contribution in [0.2, 0.25) is 0 Å². The first kappa shape index (κ1) is 23.7. The molecule has 7 heteroatoms. The van der Waals surface area contributed by atoms with E-state index in [0.29, 0.717) is 11.0 Å². The normalized spacial score (nSPS) is 16.4. The third kappa shape index (κ3) is 9.63. The first-order valence-corrected chi connectivity index (χ1v) is 12.7. The number of nitrogens with zero attached hydrogens (tertiary/aromatic N) is 1. The minimum absolute atomic E-state index is 0.356. The first-order valence-electron chi connectivity index (χ1n) is 10.8. The number of aliphatic imine (C=N–C) groups is 1. The van der Waals surface area contributed by atoms with Crippen LogP contribution < -0.4 is 10.6 Å². The van der Waals surface area contributed by atoms with Crippen molar-refractivity contribution in [1.82, 2.24) is 10.6 Å². The summed E-state index contributed by atoms with van der Waals surface area (Å²) in [5, 5.41) is 6.64. The number of rotatable bonds is 10. The molecule has 1 aliphatic carbocycles. The summed E-state index contributed by atoms with van der Waals surface area (Å²) < 4.78 is 29.0. The molecule has 2 rings (SSSR count). The van der Waals surface area contributed by atoms with Gasteiger partial charge in [0.15, 0.2) is 15.8 Å². The Labute approximate surface area is 176 Å². The lowest BCUT2D eigenvalue weighted by atomic mass is 10.1. The second kappa shape index (κ2) is 12.9. The van der Waals surface area contributed by atoms with E-state index in [1.807, 2.05) is 12.1 Å². The Kier molecular flexibility index (Phi) is 10.5. The summed E-state index contributed by atoms with van der Waals surface area (Å²) in [6.45, 7) is 2.46. The molecule has 0 saturated heterocycles. The smallest absolute Gasteiger partial charge is 0.190 e. The Balaban J connectivity index is 1.55. The number of sulfone groups is 1.